The van der Waals surface area contributed by atoms with E-state index in [-0.39, 0.29) is 24.4 Å². The van der Waals surface area contributed by atoms with Gasteiger partial charge in [0.1, 0.15) is 18.0 Å². The maximum Gasteiger partial charge on any atom is 0.254 e. The highest BCUT2D eigenvalue weighted by atomic mass is 32.1. The Labute approximate surface area is 156 Å². The fraction of sp³-hybridized carbons (Fsp3) is 0.389. The number of nitrogens with one attached hydrogen (secondary N) is 1. The highest BCUT2D eigenvalue weighted by Crippen LogP contribution is 2.24. The number of hydrogen-bond acceptors (Lipinski definition) is 6. The van der Waals surface area contributed by atoms with E-state index in [1.165, 1.54) is 30.5 Å². The second kappa shape index (κ2) is 8.66. The number of ether oxygens (including phenoxy) is 2. The number of amides is 2. The second-order valence-corrected chi connectivity index (χ2v) is 7.19. The van der Waals surface area contributed by atoms with E-state index in [0.29, 0.717) is 22.2 Å². The Morgan fingerprint density at radius 1 is 1.19 bits per heavy atom. The summed E-state index contributed by atoms with van der Waals surface area (Å²) in [6.07, 6.45) is 1.69. The van der Waals surface area contributed by atoms with Gasteiger partial charge in [-0.15, -0.1) is 11.3 Å². The van der Waals surface area contributed by atoms with Gasteiger partial charge >= 0.3 is 0 Å². The van der Waals surface area contributed by atoms with E-state index in [2.05, 4.69) is 10.3 Å². The maximum absolute atomic E-state index is 12.9. The molecule has 1 aromatic heterocycles. The first-order valence-corrected chi connectivity index (χ1v) is 8.92. The SMILES string of the molecule is COc1cc(OC)cc(C(=O)N(CC(=O)Nc2ncc(C)s2)C(C)C)c1. The van der Waals surface area contributed by atoms with Gasteiger partial charge in [-0.25, -0.2) is 4.98 Å². The summed E-state index contributed by atoms with van der Waals surface area (Å²) < 4.78 is 10.4. The summed E-state index contributed by atoms with van der Waals surface area (Å²) in [5, 5.41) is 3.24. The Morgan fingerprint density at radius 2 is 1.81 bits per heavy atom. The number of nitrogens with zero attached hydrogens (tertiary/aromatic N) is 2. The summed E-state index contributed by atoms with van der Waals surface area (Å²) in [5.74, 6) is 0.456. The molecule has 140 valence electrons. The molecule has 1 heterocycles. The Bertz CT molecular complexity index is 766. The minimum absolute atomic E-state index is 0.0747. The molecule has 0 aliphatic carbocycles. The monoisotopic (exact) mass is 377 g/mol. The quantitative estimate of drug-likeness (QED) is 0.802. The molecule has 0 bridgehead atoms. The standard InChI is InChI=1S/C18H23N3O4S/c1-11(2)21(10-16(22)20-18-19-9-12(3)26-18)17(23)13-6-14(24-4)8-15(7-13)25-5/h6-9,11H,10H2,1-5H3,(H,19,20,22). The Hall–Kier alpha value is -2.61. The van der Waals surface area contributed by atoms with Crippen LogP contribution in [0.25, 0.3) is 0 Å². The molecule has 8 heteroatoms. The van der Waals surface area contributed by atoms with Gasteiger partial charge in [0.05, 0.1) is 14.2 Å². The molecule has 0 atom stereocenters. The molecule has 0 spiro atoms. The molecule has 1 N–H and O–H groups in total. The molecule has 2 amide bonds. The van der Waals surface area contributed by atoms with Crippen LogP contribution in [-0.2, 0) is 4.79 Å². The number of rotatable bonds is 7. The fourth-order valence-electron chi connectivity index (χ4n) is 2.31. The predicted octanol–water partition coefficient (Wildman–Crippen LogP) is 2.96. The number of benzene rings is 1. The van der Waals surface area contributed by atoms with Crippen molar-refractivity contribution in [2.75, 3.05) is 26.1 Å². The number of methoxy groups -OCH3 is 2. The molecule has 26 heavy (non-hydrogen) atoms. The van der Waals surface area contributed by atoms with Gasteiger partial charge in [0, 0.05) is 28.7 Å². The highest BCUT2D eigenvalue weighted by Gasteiger charge is 2.23. The molecule has 0 saturated heterocycles. The molecule has 0 aliphatic rings. The largest absolute Gasteiger partial charge is 0.497 e. The smallest absolute Gasteiger partial charge is 0.254 e. The van der Waals surface area contributed by atoms with E-state index < -0.39 is 0 Å². The van der Waals surface area contributed by atoms with Crippen molar-refractivity contribution in [1.29, 1.82) is 0 Å². The first kappa shape index (κ1) is 19.7. The van der Waals surface area contributed by atoms with E-state index >= 15 is 0 Å². The number of carbonyl (C=O) groups excluding carboxylic acids is 2. The lowest BCUT2D eigenvalue weighted by atomic mass is 10.1. The van der Waals surface area contributed by atoms with E-state index in [0.717, 1.165) is 4.88 Å². The molecular formula is C18H23N3O4S. The average Bonchev–Trinajstić information content (AvgIpc) is 3.02. The minimum Gasteiger partial charge on any atom is -0.497 e. The molecule has 0 aliphatic heterocycles. The van der Waals surface area contributed by atoms with Crippen molar-refractivity contribution < 1.29 is 19.1 Å². The van der Waals surface area contributed by atoms with Crippen molar-refractivity contribution in [3.05, 3.63) is 34.8 Å². The van der Waals surface area contributed by atoms with E-state index in [1.807, 2.05) is 20.8 Å². The van der Waals surface area contributed by atoms with Crippen LogP contribution in [0.3, 0.4) is 0 Å². The lowest BCUT2D eigenvalue weighted by Gasteiger charge is -2.26. The zero-order valence-corrected chi connectivity index (χ0v) is 16.3. The molecule has 0 unspecified atom stereocenters. The Kier molecular flexibility index (Phi) is 6.57. The highest BCUT2D eigenvalue weighted by molar-refractivity contribution is 7.15. The number of hydrogen-bond donors (Lipinski definition) is 1. The van der Waals surface area contributed by atoms with E-state index in [4.69, 9.17) is 9.47 Å². The summed E-state index contributed by atoms with van der Waals surface area (Å²) in [6, 6.07) is 4.78. The molecule has 1 aromatic carbocycles. The van der Waals surface area contributed by atoms with Crippen molar-refractivity contribution in [1.82, 2.24) is 9.88 Å². The van der Waals surface area contributed by atoms with E-state index in [9.17, 15) is 9.59 Å². The van der Waals surface area contributed by atoms with Crippen molar-refractivity contribution in [3.63, 3.8) is 0 Å². The average molecular weight is 377 g/mol. The molecule has 0 fully saturated rings. The summed E-state index contributed by atoms with van der Waals surface area (Å²) in [7, 11) is 3.04. The van der Waals surface area contributed by atoms with Crippen molar-refractivity contribution in [2.45, 2.75) is 26.8 Å². The van der Waals surface area contributed by atoms with Crippen LogP contribution in [0.2, 0.25) is 0 Å². The molecule has 2 rings (SSSR count). The zero-order valence-electron chi connectivity index (χ0n) is 15.5. The van der Waals surface area contributed by atoms with Crippen molar-refractivity contribution in [3.8, 4) is 11.5 Å². The first-order chi connectivity index (χ1) is 12.3. The van der Waals surface area contributed by atoms with Gasteiger partial charge in [-0.2, -0.15) is 0 Å². The van der Waals surface area contributed by atoms with Crippen LogP contribution in [0.5, 0.6) is 11.5 Å². The van der Waals surface area contributed by atoms with Crippen molar-refractivity contribution >= 4 is 28.3 Å². The van der Waals surface area contributed by atoms with Crippen LogP contribution < -0.4 is 14.8 Å². The number of thiazole rings is 1. The summed E-state index contributed by atoms with van der Waals surface area (Å²) in [4.78, 5) is 31.9. The third kappa shape index (κ3) is 4.95. The maximum atomic E-state index is 12.9. The number of carbonyl (C=O) groups is 2. The first-order valence-electron chi connectivity index (χ1n) is 8.10. The minimum atomic E-state index is -0.295. The van der Waals surface area contributed by atoms with Crippen LogP contribution in [0.1, 0.15) is 29.1 Å². The van der Waals surface area contributed by atoms with Crippen LogP contribution in [0.15, 0.2) is 24.4 Å². The molecule has 0 radical (unpaired) electrons. The summed E-state index contributed by atoms with van der Waals surface area (Å²) in [5.41, 5.74) is 0.396. The molecular weight excluding hydrogens is 354 g/mol. The van der Waals surface area contributed by atoms with Gasteiger partial charge in [-0.3, -0.25) is 9.59 Å². The summed E-state index contributed by atoms with van der Waals surface area (Å²) in [6.45, 7) is 5.55. The predicted molar refractivity (Wildman–Crippen MR) is 101 cm³/mol. The van der Waals surface area contributed by atoms with Crippen molar-refractivity contribution in [2.24, 2.45) is 0 Å². The molecule has 2 aromatic rings. The second-order valence-electron chi connectivity index (χ2n) is 5.95. The van der Waals surface area contributed by atoms with Gasteiger partial charge in [-0.05, 0) is 32.9 Å². The van der Waals surface area contributed by atoms with Gasteiger partial charge < -0.3 is 19.7 Å². The number of aromatic nitrogens is 1. The lowest BCUT2D eigenvalue weighted by Crippen LogP contribution is -2.42. The topological polar surface area (TPSA) is 80.8 Å². The molecule has 7 nitrogen and oxygen atoms in total. The third-order valence-corrected chi connectivity index (χ3v) is 4.49. The Balaban J connectivity index is 2.18. The fourth-order valence-corrected chi connectivity index (χ4v) is 2.99. The van der Waals surface area contributed by atoms with Gasteiger partial charge in [0.25, 0.3) is 5.91 Å². The summed E-state index contributed by atoms with van der Waals surface area (Å²) >= 11 is 1.39. The normalized spacial score (nSPS) is 10.5. The van der Waals surface area contributed by atoms with Crippen LogP contribution in [-0.4, -0.2) is 48.5 Å². The van der Waals surface area contributed by atoms with Gasteiger partial charge in [-0.1, -0.05) is 0 Å². The Morgan fingerprint density at radius 3 is 2.27 bits per heavy atom. The van der Waals surface area contributed by atoms with Crippen LogP contribution >= 0.6 is 11.3 Å². The van der Waals surface area contributed by atoms with E-state index in [1.54, 1.807) is 24.4 Å². The van der Waals surface area contributed by atoms with Crippen LogP contribution in [0.4, 0.5) is 5.13 Å². The lowest BCUT2D eigenvalue weighted by molar-refractivity contribution is -0.117. The number of anilines is 1. The number of aryl methyl sites for hydroxylation is 1. The van der Waals surface area contributed by atoms with Gasteiger partial charge in [0.15, 0.2) is 5.13 Å². The van der Waals surface area contributed by atoms with Gasteiger partial charge in [0.2, 0.25) is 5.91 Å². The molecule has 0 saturated carbocycles. The van der Waals surface area contributed by atoms with Crippen LogP contribution in [0, 0.1) is 6.92 Å². The third-order valence-electron chi connectivity index (χ3n) is 3.66. The zero-order chi connectivity index (χ0) is 19.3.